The van der Waals surface area contributed by atoms with Crippen LogP contribution < -0.4 is 5.73 Å². The van der Waals surface area contributed by atoms with Crippen LogP contribution in [0.5, 0.6) is 0 Å². The standard InChI is InChI=1S/C17H31NO3/c1-2-3-4-5-6-7-8-9-10-11-12-13-14(19)15-16(21-15)17(18)20/h15-16H,2-13H2,1H3,(H2,18,20)/t15-,16-/m0/s1. The Morgan fingerprint density at radius 1 is 0.810 bits per heavy atom. The Hall–Kier alpha value is -0.900. The predicted octanol–water partition coefficient (Wildman–Crippen LogP) is 3.51. The number of epoxide rings is 1. The quantitative estimate of drug-likeness (QED) is 0.394. The zero-order valence-corrected chi connectivity index (χ0v) is 13.4. The van der Waals surface area contributed by atoms with Crippen LogP contribution in [0.3, 0.4) is 0 Å². The van der Waals surface area contributed by atoms with Gasteiger partial charge in [-0.3, -0.25) is 9.59 Å². The Labute approximate surface area is 128 Å². The third-order valence-electron chi connectivity index (χ3n) is 4.12. The first-order chi connectivity index (χ1) is 10.2. The molecule has 1 amide bonds. The Morgan fingerprint density at radius 3 is 1.71 bits per heavy atom. The summed E-state index contributed by atoms with van der Waals surface area (Å²) < 4.78 is 4.97. The van der Waals surface area contributed by atoms with E-state index in [-0.39, 0.29) is 5.78 Å². The van der Waals surface area contributed by atoms with Crippen molar-refractivity contribution in [3.05, 3.63) is 0 Å². The molecule has 0 aromatic carbocycles. The van der Waals surface area contributed by atoms with E-state index in [9.17, 15) is 9.59 Å². The average Bonchev–Trinajstić information content (AvgIpc) is 3.25. The van der Waals surface area contributed by atoms with Crippen LogP contribution in [0, 0.1) is 0 Å². The molecule has 0 aromatic rings. The van der Waals surface area contributed by atoms with E-state index in [1.165, 1.54) is 57.8 Å². The molecular formula is C17H31NO3. The van der Waals surface area contributed by atoms with Crippen molar-refractivity contribution in [3.63, 3.8) is 0 Å². The van der Waals surface area contributed by atoms with Crippen LogP contribution in [-0.2, 0) is 14.3 Å². The number of nitrogens with two attached hydrogens (primary N) is 1. The van der Waals surface area contributed by atoms with Crippen LogP contribution in [0.4, 0.5) is 0 Å². The number of unbranched alkanes of at least 4 members (excludes halogenated alkanes) is 10. The minimum absolute atomic E-state index is 0.0368. The Kier molecular flexibility index (Phi) is 9.31. The summed E-state index contributed by atoms with van der Waals surface area (Å²) >= 11 is 0. The number of hydrogen-bond acceptors (Lipinski definition) is 3. The Balaban J connectivity index is 1.81. The second kappa shape index (κ2) is 10.8. The highest BCUT2D eigenvalue weighted by Gasteiger charge is 2.48. The molecule has 2 N–H and O–H groups in total. The van der Waals surface area contributed by atoms with Crippen molar-refractivity contribution in [2.75, 3.05) is 0 Å². The van der Waals surface area contributed by atoms with Crippen LogP contribution >= 0.6 is 0 Å². The number of primary amides is 1. The Bertz CT molecular complexity index is 317. The van der Waals surface area contributed by atoms with Gasteiger partial charge in [0.25, 0.3) is 0 Å². The average molecular weight is 297 g/mol. The molecule has 1 aliphatic rings. The summed E-state index contributed by atoms with van der Waals surface area (Å²) in [7, 11) is 0. The lowest BCUT2D eigenvalue weighted by Gasteiger charge is -2.02. The van der Waals surface area contributed by atoms with E-state index in [0.29, 0.717) is 6.42 Å². The third-order valence-corrected chi connectivity index (χ3v) is 4.12. The molecule has 0 aliphatic carbocycles. The van der Waals surface area contributed by atoms with Crippen molar-refractivity contribution < 1.29 is 14.3 Å². The van der Waals surface area contributed by atoms with Gasteiger partial charge in [-0.05, 0) is 6.42 Å². The van der Waals surface area contributed by atoms with E-state index in [0.717, 1.165) is 12.8 Å². The molecule has 0 aromatic heterocycles. The minimum Gasteiger partial charge on any atom is -0.367 e. The van der Waals surface area contributed by atoms with Crippen molar-refractivity contribution in [2.24, 2.45) is 5.73 Å². The van der Waals surface area contributed by atoms with Gasteiger partial charge in [0.15, 0.2) is 18.0 Å². The molecule has 0 spiro atoms. The van der Waals surface area contributed by atoms with Gasteiger partial charge < -0.3 is 10.5 Å². The van der Waals surface area contributed by atoms with Gasteiger partial charge in [0.2, 0.25) is 5.91 Å². The lowest BCUT2D eigenvalue weighted by molar-refractivity contribution is -0.121. The first-order valence-electron chi connectivity index (χ1n) is 8.64. The monoisotopic (exact) mass is 297 g/mol. The summed E-state index contributed by atoms with van der Waals surface area (Å²) in [5.41, 5.74) is 5.07. The predicted molar refractivity (Wildman–Crippen MR) is 83.9 cm³/mol. The molecule has 0 unspecified atom stereocenters. The fourth-order valence-electron chi connectivity index (χ4n) is 2.68. The fraction of sp³-hybridized carbons (Fsp3) is 0.882. The van der Waals surface area contributed by atoms with Crippen molar-refractivity contribution in [3.8, 4) is 0 Å². The van der Waals surface area contributed by atoms with Crippen molar-refractivity contribution in [2.45, 2.75) is 96.2 Å². The van der Waals surface area contributed by atoms with Gasteiger partial charge in [0, 0.05) is 6.42 Å². The maximum absolute atomic E-state index is 11.6. The molecule has 1 saturated heterocycles. The number of hydrogen-bond donors (Lipinski definition) is 1. The molecule has 4 heteroatoms. The molecule has 122 valence electrons. The smallest absolute Gasteiger partial charge is 0.249 e. The van der Waals surface area contributed by atoms with Gasteiger partial charge >= 0.3 is 0 Å². The fourth-order valence-corrected chi connectivity index (χ4v) is 2.68. The molecule has 1 aliphatic heterocycles. The normalized spacial score (nSPS) is 20.4. The number of rotatable bonds is 14. The van der Waals surface area contributed by atoms with Crippen LogP contribution in [0.15, 0.2) is 0 Å². The summed E-state index contributed by atoms with van der Waals surface area (Å²) in [6.07, 6.45) is 13.3. The van der Waals surface area contributed by atoms with Gasteiger partial charge in [-0.2, -0.15) is 0 Å². The summed E-state index contributed by atoms with van der Waals surface area (Å²) in [5.74, 6) is -0.484. The molecule has 1 rings (SSSR count). The number of carbonyl (C=O) groups excluding carboxylic acids is 2. The van der Waals surface area contributed by atoms with Gasteiger partial charge in [0.1, 0.15) is 0 Å². The van der Waals surface area contributed by atoms with E-state index in [1.54, 1.807) is 0 Å². The molecule has 1 heterocycles. The van der Waals surface area contributed by atoms with Gasteiger partial charge in [-0.25, -0.2) is 0 Å². The summed E-state index contributed by atoms with van der Waals surface area (Å²) in [6, 6.07) is 0. The van der Waals surface area contributed by atoms with E-state index in [2.05, 4.69) is 6.92 Å². The maximum Gasteiger partial charge on any atom is 0.249 e. The second-order valence-corrected chi connectivity index (χ2v) is 6.13. The number of ether oxygens (including phenoxy) is 1. The van der Waals surface area contributed by atoms with Crippen LogP contribution in [-0.4, -0.2) is 23.9 Å². The largest absolute Gasteiger partial charge is 0.367 e. The topological polar surface area (TPSA) is 72.7 Å². The van der Waals surface area contributed by atoms with Crippen molar-refractivity contribution in [1.29, 1.82) is 0 Å². The lowest BCUT2D eigenvalue weighted by Crippen LogP contribution is -2.22. The SMILES string of the molecule is CCCCCCCCCCCCCC(=O)[C@@H]1O[C@@H]1C(N)=O. The molecule has 1 fully saturated rings. The lowest BCUT2D eigenvalue weighted by atomic mass is 10.0. The highest BCUT2D eigenvalue weighted by Crippen LogP contribution is 2.24. The van der Waals surface area contributed by atoms with E-state index in [4.69, 9.17) is 10.5 Å². The minimum atomic E-state index is -0.648. The van der Waals surface area contributed by atoms with E-state index in [1.807, 2.05) is 0 Å². The van der Waals surface area contributed by atoms with Gasteiger partial charge in [-0.15, -0.1) is 0 Å². The van der Waals surface area contributed by atoms with E-state index >= 15 is 0 Å². The number of ketones is 1. The highest BCUT2D eigenvalue weighted by atomic mass is 16.6. The third kappa shape index (κ3) is 8.20. The van der Waals surface area contributed by atoms with Crippen molar-refractivity contribution >= 4 is 11.7 Å². The van der Waals surface area contributed by atoms with Crippen LogP contribution in [0.2, 0.25) is 0 Å². The molecule has 0 bridgehead atoms. The number of carbonyl (C=O) groups is 2. The zero-order valence-electron chi connectivity index (χ0n) is 13.4. The van der Waals surface area contributed by atoms with Crippen molar-refractivity contribution in [1.82, 2.24) is 0 Å². The molecule has 4 nitrogen and oxygen atoms in total. The molecule has 0 radical (unpaired) electrons. The van der Waals surface area contributed by atoms with Crippen LogP contribution in [0.25, 0.3) is 0 Å². The number of Topliss-reactive ketones (excluding diaryl/α,β-unsaturated/α-hetero) is 1. The van der Waals surface area contributed by atoms with E-state index < -0.39 is 18.1 Å². The molecular weight excluding hydrogens is 266 g/mol. The maximum atomic E-state index is 11.6. The van der Waals surface area contributed by atoms with Crippen LogP contribution in [0.1, 0.15) is 84.0 Å². The second-order valence-electron chi connectivity index (χ2n) is 6.13. The summed E-state index contributed by atoms with van der Waals surface area (Å²) in [6.45, 7) is 2.24. The summed E-state index contributed by atoms with van der Waals surface area (Å²) in [5, 5.41) is 0. The number of amides is 1. The Morgan fingerprint density at radius 2 is 1.29 bits per heavy atom. The van der Waals surface area contributed by atoms with Gasteiger partial charge in [-0.1, -0.05) is 71.1 Å². The molecule has 0 saturated carbocycles. The van der Waals surface area contributed by atoms with Gasteiger partial charge in [0.05, 0.1) is 0 Å². The zero-order chi connectivity index (χ0) is 15.5. The first kappa shape index (κ1) is 18.1. The summed E-state index contributed by atoms with van der Waals surface area (Å²) in [4.78, 5) is 22.4. The first-order valence-corrected chi connectivity index (χ1v) is 8.64. The molecule has 2 atom stereocenters. The molecule has 21 heavy (non-hydrogen) atoms. The highest BCUT2D eigenvalue weighted by molar-refractivity contribution is 5.95.